The number of fused-ring (bicyclic) bond motifs is 1. The third kappa shape index (κ3) is 9.27. The molecule has 0 aliphatic carbocycles. The summed E-state index contributed by atoms with van der Waals surface area (Å²) in [4.78, 5) is 63.3. The Hall–Kier alpha value is -4.15. The van der Waals surface area contributed by atoms with E-state index >= 15 is 0 Å². The number of H-pyrrole nitrogens is 1. The summed E-state index contributed by atoms with van der Waals surface area (Å²) >= 11 is 0. The first-order valence-electron chi connectivity index (χ1n) is 13.4. The Balaban J connectivity index is 1.47. The van der Waals surface area contributed by atoms with Gasteiger partial charge in [0.05, 0.1) is 11.9 Å². The number of nitrogens with two attached hydrogens (primary N) is 1. The van der Waals surface area contributed by atoms with Crippen molar-refractivity contribution in [1.82, 2.24) is 25.3 Å². The van der Waals surface area contributed by atoms with Gasteiger partial charge in [0.2, 0.25) is 5.95 Å². The van der Waals surface area contributed by atoms with Crippen molar-refractivity contribution >= 4 is 34.8 Å². The second kappa shape index (κ2) is 14.7. The number of carboxylic acid groups (broad SMARTS) is 1. The normalized spacial score (nSPS) is 11.8. The lowest BCUT2D eigenvalue weighted by Crippen LogP contribution is -2.41. The molecule has 0 unspecified atom stereocenters. The van der Waals surface area contributed by atoms with Gasteiger partial charge in [-0.05, 0) is 43.4 Å². The SMILES string of the molecule is CCCCCCCCC(=O)CC[C@H](NC(=O)c1ccc(CCc2cnc3nc(N)[nH]c(=O)c3n2)cc1)C(=O)O. The molecule has 1 amide bonds. The fraction of sp³-hybridized carbons (Fsp3) is 0.464. The van der Waals surface area contributed by atoms with E-state index in [1.165, 1.54) is 19.3 Å². The monoisotopic (exact) mass is 536 g/mol. The molecule has 1 aromatic carbocycles. The lowest BCUT2D eigenvalue weighted by molar-refractivity contribution is -0.139. The summed E-state index contributed by atoms with van der Waals surface area (Å²) in [6, 6.07) is 5.66. The molecule has 39 heavy (non-hydrogen) atoms. The largest absolute Gasteiger partial charge is 0.480 e. The van der Waals surface area contributed by atoms with E-state index in [4.69, 9.17) is 5.73 Å². The van der Waals surface area contributed by atoms with Crippen LogP contribution >= 0.6 is 0 Å². The molecule has 0 spiro atoms. The van der Waals surface area contributed by atoms with Crippen molar-refractivity contribution in [1.29, 1.82) is 0 Å². The number of ketones is 1. The molecule has 0 aliphatic rings. The molecule has 11 nitrogen and oxygen atoms in total. The lowest BCUT2D eigenvalue weighted by Gasteiger charge is -2.14. The molecular formula is C28H36N6O5. The zero-order chi connectivity index (χ0) is 28.2. The minimum atomic E-state index is -1.17. The van der Waals surface area contributed by atoms with Crippen molar-refractivity contribution in [2.24, 2.45) is 0 Å². The fourth-order valence-corrected chi connectivity index (χ4v) is 4.22. The summed E-state index contributed by atoms with van der Waals surface area (Å²) in [5, 5.41) is 12.1. The average molecular weight is 537 g/mol. The third-order valence-corrected chi connectivity index (χ3v) is 6.50. The molecule has 5 N–H and O–H groups in total. The number of aromatic amines is 1. The number of nitrogen functional groups attached to an aromatic ring is 1. The van der Waals surface area contributed by atoms with E-state index in [0.29, 0.717) is 30.5 Å². The zero-order valence-corrected chi connectivity index (χ0v) is 22.2. The van der Waals surface area contributed by atoms with Gasteiger partial charge in [-0.25, -0.2) is 14.8 Å². The predicted octanol–water partition coefficient (Wildman–Crippen LogP) is 3.36. The minimum Gasteiger partial charge on any atom is -0.480 e. The number of aryl methyl sites for hydroxylation is 2. The fourth-order valence-electron chi connectivity index (χ4n) is 4.22. The van der Waals surface area contributed by atoms with E-state index in [-0.39, 0.29) is 35.7 Å². The first kappa shape index (κ1) is 29.4. The van der Waals surface area contributed by atoms with Crippen molar-refractivity contribution < 1.29 is 19.5 Å². The number of amides is 1. The van der Waals surface area contributed by atoms with Gasteiger partial charge in [0.25, 0.3) is 11.5 Å². The van der Waals surface area contributed by atoms with Gasteiger partial charge in [-0.2, -0.15) is 4.98 Å². The van der Waals surface area contributed by atoms with Crippen molar-refractivity contribution in [3.8, 4) is 0 Å². The predicted molar refractivity (Wildman–Crippen MR) is 147 cm³/mol. The number of hydrogen-bond donors (Lipinski definition) is 4. The number of Topliss-reactive ketones (excluding diaryl/α,β-unsaturated/α-hetero) is 1. The molecule has 0 bridgehead atoms. The summed E-state index contributed by atoms with van der Waals surface area (Å²) in [7, 11) is 0. The molecule has 208 valence electrons. The number of nitrogens with one attached hydrogen (secondary N) is 2. The highest BCUT2D eigenvalue weighted by atomic mass is 16.4. The van der Waals surface area contributed by atoms with E-state index in [2.05, 4.69) is 32.2 Å². The van der Waals surface area contributed by atoms with Crippen LogP contribution < -0.4 is 16.6 Å². The van der Waals surface area contributed by atoms with Gasteiger partial charge in [-0.1, -0.05) is 51.2 Å². The number of nitrogens with zero attached hydrogens (tertiary/aromatic N) is 3. The van der Waals surface area contributed by atoms with Crippen LogP contribution in [0.25, 0.3) is 11.2 Å². The highest BCUT2D eigenvalue weighted by molar-refractivity contribution is 5.96. The number of carbonyl (C=O) groups is 3. The lowest BCUT2D eigenvalue weighted by atomic mass is 10.0. The summed E-state index contributed by atoms with van der Waals surface area (Å²) in [5.41, 5.74) is 7.22. The summed E-state index contributed by atoms with van der Waals surface area (Å²) in [5.74, 6) is -1.67. The molecule has 0 fully saturated rings. The van der Waals surface area contributed by atoms with Gasteiger partial charge in [0.15, 0.2) is 11.2 Å². The van der Waals surface area contributed by atoms with Crippen LogP contribution in [0.4, 0.5) is 5.95 Å². The van der Waals surface area contributed by atoms with Crippen molar-refractivity contribution in [2.75, 3.05) is 5.73 Å². The highest BCUT2D eigenvalue weighted by Gasteiger charge is 2.21. The molecule has 2 aromatic heterocycles. The average Bonchev–Trinajstić information content (AvgIpc) is 2.91. The molecule has 11 heteroatoms. The zero-order valence-electron chi connectivity index (χ0n) is 22.2. The Labute approximate surface area is 226 Å². The van der Waals surface area contributed by atoms with Crippen LogP contribution in [0.2, 0.25) is 0 Å². The van der Waals surface area contributed by atoms with Crippen molar-refractivity contribution in [2.45, 2.75) is 83.6 Å². The minimum absolute atomic E-state index is 0.0228. The topological polar surface area (TPSA) is 181 Å². The molecule has 0 saturated carbocycles. The standard InChI is InChI=1S/C28H36N6O5/c1-2-3-4-5-6-7-8-21(35)15-16-22(27(38)39)32-25(36)19-12-9-18(10-13-19)11-14-20-17-30-24-23(31-20)26(37)34-28(29)33-24/h9-10,12-13,17,22H,2-8,11,14-16H2,1H3,(H,32,36)(H,38,39)(H3,29,30,33,34,37)/t22-/m0/s1. The molecular weight excluding hydrogens is 500 g/mol. The van der Waals surface area contributed by atoms with Gasteiger partial charge >= 0.3 is 5.97 Å². The number of rotatable bonds is 16. The van der Waals surface area contributed by atoms with Crippen molar-refractivity contribution in [3.63, 3.8) is 0 Å². The number of hydrogen-bond acceptors (Lipinski definition) is 8. The number of unbranched alkanes of at least 4 members (excludes halogenated alkanes) is 5. The van der Waals surface area contributed by atoms with Gasteiger partial charge < -0.3 is 16.2 Å². The number of aliphatic carboxylic acids is 1. The molecule has 2 heterocycles. The smallest absolute Gasteiger partial charge is 0.326 e. The van der Waals surface area contributed by atoms with Gasteiger partial charge in [-0.15, -0.1) is 0 Å². The molecule has 3 aromatic rings. The molecule has 0 radical (unpaired) electrons. The van der Waals surface area contributed by atoms with Crippen molar-refractivity contribution in [3.05, 3.63) is 57.6 Å². The van der Waals surface area contributed by atoms with E-state index < -0.39 is 23.5 Å². The van der Waals surface area contributed by atoms with Crippen LogP contribution in [0.1, 0.15) is 86.3 Å². The van der Waals surface area contributed by atoms with Crippen LogP contribution in [-0.2, 0) is 22.4 Å². The Bertz CT molecular complexity index is 1340. The van der Waals surface area contributed by atoms with E-state index in [9.17, 15) is 24.3 Å². The quantitative estimate of drug-likeness (QED) is 0.200. The van der Waals surface area contributed by atoms with Crippen LogP contribution in [0.3, 0.4) is 0 Å². The number of benzene rings is 1. The maximum absolute atomic E-state index is 12.6. The number of aromatic nitrogens is 4. The second-order valence-electron chi connectivity index (χ2n) is 9.64. The highest BCUT2D eigenvalue weighted by Crippen LogP contribution is 2.12. The van der Waals surface area contributed by atoms with E-state index in [1.807, 2.05) is 0 Å². The Morgan fingerprint density at radius 3 is 2.44 bits per heavy atom. The van der Waals surface area contributed by atoms with Gasteiger partial charge in [-0.3, -0.25) is 19.4 Å². The summed E-state index contributed by atoms with van der Waals surface area (Å²) in [6.45, 7) is 2.16. The first-order valence-corrected chi connectivity index (χ1v) is 13.4. The third-order valence-electron chi connectivity index (χ3n) is 6.50. The van der Waals surface area contributed by atoms with E-state index in [1.54, 1.807) is 30.5 Å². The Morgan fingerprint density at radius 2 is 1.72 bits per heavy atom. The van der Waals surface area contributed by atoms with E-state index in [0.717, 1.165) is 24.8 Å². The van der Waals surface area contributed by atoms with Crippen LogP contribution in [0.5, 0.6) is 0 Å². The molecule has 3 rings (SSSR count). The van der Waals surface area contributed by atoms with Gasteiger partial charge in [0, 0.05) is 18.4 Å². The van der Waals surface area contributed by atoms with Crippen LogP contribution in [0, 0.1) is 0 Å². The second-order valence-corrected chi connectivity index (χ2v) is 9.64. The van der Waals surface area contributed by atoms with Gasteiger partial charge in [0.1, 0.15) is 11.8 Å². The molecule has 1 atom stereocenters. The number of anilines is 1. The maximum atomic E-state index is 12.6. The van der Waals surface area contributed by atoms with Crippen LogP contribution in [-0.4, -0.2) is 48.7 Å². The first-order chi connectivity index (χ1) is 18.8. The van der Waals surface area contributed by atoms with Crippen LogP contribution in [0.15, 0.2) is 35.3 Å². The summed E-state index contributed by atoms with van der Waals surface area (Å²) < 4.78 is 0. The molecule has 0 saturated heterocycles. The summed E-state index contributed by atoms with van der Waals surface area (Å²) in [6.07, 6.45) is 9.74. The Kier molecular flexibility index (Phi) is 11.1. The Morgan fingerprint density at radius 1 is 1.00 bits per heavy atom. The number of carboxylic acids is 1. The molecule has 0 aliphatic heterocycles. The number of carbonyl (C=O) groups excluding carboxylic acids is 2. The maximum Gasteiger partial charge on any atom is 0.326 e.